The summed E-state index contributed by atoms with van der Waals surface area (Å²) in [6.07, 6.45) is 0. The van der Waals surface area contributed by atoms with Crippen LogP contribution in [0.1, 0.15) is 19.4 Å². The van der Waals surface area contributed by atoms with Crippen LogP contribution < -0.4 is 10.1 Å². The molecule has 0 radical (unpaired) electrons. The third-order valence-corrected chi connectivity index (χ3v) is 7.00. The van der Waals surface area contributed by atoms with Gasteiger partial charge in [0.25, 0.3) is 0 Å². The lowest BCUT2D eigenvalue weighted by molar-refractivity contribution is 0.352. The third kappa shape index (κ3) is 3.95. The maximum absolute atomic E-state index is 12.1. The van der Waals surface area contributed by atoms with Crippen molar-refractivity contribution in [1.29, 1.82) is 0 Å². The molecule has 0 spiro atoms. The lowest BCUT2D eigenvalue weighted by Gasteiger charge is -2.39. The molecule has 1 aromatic rings. The average molecular weight is 374 g/mol. The molecule has 0 aromatic heterocycles. The Bertz CT molecular complexity index is 732. The molecule has 134 valence electrons. The number of guanidine groups is 1. The van der Waals surface area contributed by atoms with Crippen molar-refractivity contribution in [3.63, 3.8) is 0 Å². The number of halogens is 1. The number of hydrogen-bond acceptors (Lipinski definition) is 4. The number of sulfone groups is 1. The molecule has 0 saturated carbocycles. The van der Waals surface area contributed by atoms with Crippen molar-refractivity contribution in [2.45, 2.75) is 25.1 Å². The molecule has 8 heteroatoms. The number of benzene rings is 1. The number of nitrogens with one attached hydrogen (secondary N) is 1. The minimum Gasteiger partial charge on any atom is -0.496 e. The van der Waals surface area contributed by atoms with Crippen molar-refractivity contribution in [1.82, 2.24) is 10.2 Å². The Labute approximate surface area is 148 Å². The second-order valence-electron chi connectivity index (χ2n) is 6.36. The van der Waals surface area contributed by atoms with Gasteiger partial charge in [0.2, 0.25) is 0 Å². The van der Waals surface area contributed by atoms with Gasteiger partial charge in [0, 0.05) is 37.3 Å². The van der Waals surface area contributed by atoms with E-state index in [1.54, 1.807) is 34.1 Å². The summed E-state index contributed by atoms with van der Waals surface area (Å²) in [5.74, 6) is 1.53. The maximum atomic E-state index is 12.1. The zero-order valence-electron chi connectivity index (χ0n) is 14.5. The molecule has 1 fully saturated rings. The molecular formula is C16H24ClN3O3S. The van der Waals surface area contributed by atoms with Crippen molar-refractivity contribution < 1.29 is 13.2 Å². The molecule has 1 aliphatic heterocycles. The topological polar surface area (TPSA) is 71.0 Å². The van der Waals surface area contributed by atoms with Crippen molar-refractivity contribution in [3.8, 4) is 5.75 Å². The summed E-state index contributed by atoms with van der Waals surface area (Å²) in [5.41, 5.74) is 0.912. The Morgan fingerprint density at radius 3 is 2.75 bits per heavy atom. The summed E-state index contributed by atoms with van der Waals surface area (Å²) >= 11 is 6.05. The van der Waals surface area contributed by atoms with E-state index >= 15 is 0 Å². The van der Waals surface area contributed by atoms with Gasteiger partial charge in [-0.15, -0.1) is 0 Å². The van der Waals surface area contributed by atoms with E-state index in [0.717, 1.165) is 11.3 Å². The first-order valence-corrected chi connectivity index (χ1v) is 9.73. The highest BCUT2D eigenvalue weighted by Crippen LogP contribution is 2.25. The number of aliphatic imine (C=N–C) groups is 1. The maximum Gasteiger partial charge on any atom is 0.193 e. The summed E-state index contributed by atoms with van der Waals surface area (Å²) in [4.78, 5) is 6.25. The van der Waals surface area contributed by atoms with Crippen LogP contribution >= 0.6 is 11.6 Å². The smallest absolute Gasteiger partial charge is 0.193 e. The van der Waals surface area contributed by atoms with Crippen LogP contribution in [0.3, 0.4) is 0 Å². The van der Waals surface area contributed by atoms with Crippen LogP contribution in [0.15, 0.2) is 23.2 Å². The molecule has 1 aliphatic rings. The standard InChI is InChI=1S/C16H24ClN3O3S/c1-16(2)11-20(7-8-24(16,21)22)15(18-3)19-10-12-9-13(17)5-6-14(12)23-4/h5-6,9H,7-8,10-11H2,1-4H3,(H,18,19). The third-order valence-electron chi connectivity index (χ3n) is 4.23. The summed E-state index contributed by atoms with van der Waals surface area (Å²) in [7, 11) is 0.218. The van der Waals surface area contributed by atoms with Crippen molar-refractivity contribution in [3.05, 3.63) is 28.8 Å². The number of rotatable bonds is 3. The monoisotopic (exact) mass is 373 g/mol. The predicted molar refractivity (Wildman–Crippen MR) is 97.6 cm³/mol. The fourth-order valence-electron chi connectivity index (χ4n) is 2.72. The summed E-state index contributed by atoms with van der Waals surface area (Å²) in [6, 6.07) is 5.43. The van der Waals surface area contributed by atoms with Gasteiger partial charge in [-0.2, -0.15) is 0 Å². The number of hydrogen-bond donors (Lipinski definition) is 1. The molecule has 0 amide bonds. The molecule has 1 heterocycles. The van der Waals surface area contributed by atoms with Crippen LogP contribution in [0.4, 0.5) is 0 Å². The van der Waals surface area contributed by atoms with E-state index in [4.69, 9.17) is 16.3 Å². The Hall–Kier alpha value is -1.47. The fourth-order valence-corrected chi connectivity index (χ4v) is 4.28. The van der Waals surface area contributed by atoms with Crippen LogP contribution in [-0.2, 0) is 16.4 Å². The Kier molecular flexibility index (Phi) is 5.65. The van der Waals surface area contributed by atoms with Gasteiger partial charge in [-0.3, -0.25) is 4.99 Å². The SMILES string of the molecule is CN=C(NCc1cc(Cl)ccc1OC)N1CCS(=O)(=O)C(C)(C)C1. The van der Waals surface area contributed by atoms with Gasteiger partial charge < -0.3 is 15.0 Å². The molecule has 0 unspecified atom stereocenters. The summed E-state index contributed by atoms with van der Waals surface area (Å²) in [5, 5.41) is 3.90. The minimum atomic E-state index is -3.08. The van der Waals surface area contributed by atoms with Crippen LogP contribution in [0.5, 0.6) is 5.75 Å². The first-order valence-electron chi connectivity index (χ1n) is 7.70. The lowest BCUT2D eigenvalue weighted by atomic mass is 10.2. The van der Waals surface area contributed by atoms with Gasteiger partial charge >= 0.3 is 0 Å². The minimum absolute atomic E-state index is 0.126. The zero-order valence-corrected chi connectivity index (χ0v) is 16.0. The van der Waals surface area contributed by atoms with Gasteiger partial charge in [0.15, 0.2) is 15.8 Å². The van der Waals surface area contributed by atoms with Gasteiger partial charge in [-0.25, -0.2) is 8.42 Å². The van der Waals surface area contributed by atoms with Crippen LogP contribution in [0, 0.1) is 0 Å². The van der Waals surface area contributed by atoms with Crippen molar-refractivity contribution in [2.75, 3.05) is 33.0 Å². The molecule has 1 saturated heterocycles. The highest BCUT2D eigenvalue weighted by atomic mass is 35.5. The Balaban J connectivity index is 2.10. The molecule has 1 N–H and O–H groups in total. The van der Waals surface area contributed by atoms with Gasteiger partial charge in [0.1, 0.15) is 5.75 Å². The van der Waals surface area contributed by atoms with E-state index in [1.807, 2.05) is 17.0 Å². The predicted octanol–water partition coefficient (Wildman–Crippen LogP) is 1.93. The number of nitrogens with zero attached hydrogens (tertiary/aromatic N) is 2. The molecule has 1 aromatic carbocycles. The summed E-state index contributed by atoms with van der Waals surface area (Å²) in [6.45, 7) is 4.82. The van der Waals surface area contributed by atoms with Gasteiger partial charge in [0.05, 0.1) is 17.6 Å². The molecule has 2 rings (SSSR count). The molecule has 0 bridgehead atoms. The van der Waals surface area contributed by atoms with Crippen LogP contribution in [0.2, 0.25) is 5.02 Å². The fraction of sp³-hybridized carbons (Fsp3) is 0.562. The Morgan fingerprint density at radius 2 is 2.17 bits per heavy atom. The quantitative estimate of drug-likeness (QED) is 0.647. The second-order valence-corrected chi connectivity index (χ2v) is 9.54. The first-order chi connectivity index (χ1) is 11.2. The van der Waals surface area contributed by atoms with Crippen LogP contribution in [0.25, 0.3) is 0 Å². The number of methoxy groups -OCH3 is 1. The van der Waals surface area contributed by atoms with Gasteiger partial charge in [-0.05, 0) is 32.0 Å². The van der Waals surface area contributed by atoms with Crippen LogP contribution in [-0.4, -0.2) is 57.0 Å². The number of ether oxygens (including phenoxy) is 1. The highest BCUT2D eigenvalue weighted by molar-refractivity contribution is 7.92. The van der Waals surface area contributed by atoms with Gasteiger partial charge in [-0.1, -0.05) is 11.6 Å². The van der Waals surface area contributed by atoms with Crippen molar-refractivity contribution >= 4 is 27.4 Å². The highest BCUT2D eigenvalue weighted by Gasteiger charge is 2.40. The van der Waals surface area contributed by atoms with E-state index in [1.165, 1.54) is 0 Å². The van der Waals surface area contributed by atoms with E-state index in [-0.39, 0.29) is 5.75 Å². The average Bonchev–Trinajstić information content (AvgIpc) is 2.51. The molecular weight excluding hydrogens is 350 g/mol. The second kappa shape index (κ2) is 7.19. The molecule has 0 atom stereocenters. The van der Waals surface area contributed by atoms with E-state index in [0.29, 0.717) is 30.6 Å². The zero-order chi connectivity index (χ0) is 18.0. The van der Waals surface area contributed by atoms with E-state index in [9.17, 15) is 8.42 Å². The van der Waals surface area contributed by atoms with E-state index < -0.39 is 14.6 Å². The lowest BCUT2D eigenvalue weighted by Crippen LogP contribution is -2.57. The summed E-state index contributed by atoms with van der Waals surface area (Å²) < 4.78 is 28.8. The first kappa shape index (κ1) is 18.9. The molecule has 6 nitrogen and oxygen atoms in total. The Morgan fingerprint density at radius 1 is 1.46 bits per heavy atom. The largest absolute Gasteiger partial charge is 0.496 e. The van der Waals surface area contributed by atoms with E-state index in [2.05, 4.69) is 10.3 Å². The normalized spacial score (nSPS) is 19.9. The molecule has 0 aliphatic carbocycles. The van der Waals surface area contributed by atoms with Crippen molar-refractivity contribution in [2.24, 2.45) is 4.99 Å². The molecule has 24 heavy (non-hydrogen) atoms.